The van der Waals surface area contributed by atoms with Gasteiger partial charge >= 0.3 is 5.97 Å². The molecule has 0 bridgehead atoms. The molecule has 6 nitrogen and oxygen atoms in total. The van der Waals surface area contributed by atoms with Crippen LogP contribution in [-0.2, 0) is 4.79 Å². The van der Waals surface area contributed by atoms with Crippen molar-refractivity contribution in [1.29, 1.82) is 0 Å². The number of nitrogens with zero attached hydrogens (tertiary/aromatic N) is 2. The molecule has 0 aliphatic heterocycles. The second kappa shape index (κ2) is 11.4. The van der Waals surface area contributed by atoms with Crippen molar-refractivity contribution in [1.82, 2.24) is 9.97 Å². The van der Waals surface area contributed by atoms with Crippen molar-refractivity contribution in [3.8, 4) is 22.6 Å². The molecule has 2 atom stereocenters. The fraction of sp³-hybridized carbons (Fsp3) is 0.296. The first kappa shape index (κ1) is 25.6. The van der Waals surface area contributed by atoms with Gasteiger partial charge in [0.05, 0.1) is 30.0 Å². The van der Waals surface area contributed by atoms with Crippen molar-refractivity contribution in [3.63, 3.8) is 0 Å². The molecule has 0 aliphatic carbocycles. The molecule has 0 aliphatic rings. The van der Waals surface area contributed by atoms with Gasteiger partial charge in [0.2, 0.25) is 0 Å². The van der Waals surface area contributed by atoms with E-state index >= 15 is 0 Å². The molecule has 3 rings (SSSR count). The van der Waals surface area contributed by atoms with E-state index < -0.39 is 24.6 Å². The fourth-order valence-corrected chi connectivity index (χ4v) is 3.73. The Labute approximate surface area is 204 Å². The van der Waals surface area contributed by atoms with Crippen LogP contribution in [0.15, 0.2) is 54.6 Å². The number of halogens is 1. The molecule has 1 heterocycles. The van der Waals surface area contributed by atoms with Crippen molar-refractivity contribution >= 4 is 23.6 Å². The highest BCUT2D eigenvalue weighted by molar-refractivity contribution is 6.30. The quantitative estimate of drug-likeness (QED) is 0.374. The summed E-state index contributed by atoms with van der Waals surface area (Å²) >= 11 is 6.10. The van der Waals surface area contributed by atoms with Crippen molar-refractivity contribution in [2.24, 2.45) is 0 Å². The molecule has 178 valence electrons. The minimum atomic E-state index is -1.14. The third-order valence-corrected chi connectivity index (χ3v) is 5.61. The molecule has 0 spiro atoms. The van der Waals surface area contributed by atoms with E-state index in [-0.39, 0.29) is 12.3 Å². The van der Waals surface area contributed by atoms with Crippen LogP contribution in [0.25, 0.3) is 28.7 Å². The summed E-state index contributed by atoms with van der Waals surface area (Å²) in [6.07, 6.45) is 0.615. The highest BCUT2D eigenvalue weighted by Crippen LogP contribution is 2.32. The molecule has 3 aromatic rings. The molecular weight excluding hydrogens is 452 g/mol. The van der Waals surface area contributed by atoms with Gasteiger partial charge in [-0.2, -0.15) is 0 Å². The molecule has 2 aromatic carbocycles. The molecule has 0 fully saturated rings. The third-order valence-electron chi connectivity index (χ3n) is 5.36. The topological polar surface area (TPSA) is 104 Å². The van der Waals surface area contributed by atoms with Crippen LogP contribution in [0.5, 0.6) is 0 Å². The second-order valence-corrected chi connectivity index (χ2v) is 9.07. The Morgan fingerprint density at radius 2 is 1.62 bits per heavy atom. The third kappa shape index (κ3) is 6.73. The van der Waals surface area contributed by atoms with E-state index in [0.717, 1.165) is 27.9 Å². The van der Waals surface area contributed by atoms with Crippen LogP contribution in [0.2, 0.25) is 5.02 Å². The summed E-state index contributed by atoms with van der Waals surface area (Å²) in [7, 11) is 0. The molecular formula is C27H29ClN2O4. The minimum Gasteiger partial charge on any atom is -0.481 e. The van der Waals surface area contributed by atoms with Gasteiger partial charge in [-0.25, -0.2) is 9.97 Å². The lowest BCUT2D eigenvalue weighted by Gasteiger charge is -2.17. The van der Waals surface area contributed by atoms with Crippen molar-refractivity contribution in [3.05, 3.63) is 76.5 Å². The summed E-state index contributed by atoms with van der Waals surface area (Å²) < 4.78 is 0. The van der Waals surface area contributed by atoms with Gasteiger partial charge in [0, 0.05) is 28.1 Å². The Kier molecular flexibility index (Phi) is 8.56. The summed E-state index contributed by atoms with van der Waals surface area (Å²) in [4.78, 5) is 20.5. The Balaban J connectivity index is 2.09. The zero-order valence-electron chi connectivity index (χ0n) is 19.4. The van der Waals surface area contributed by atoms with Gasteiger partial charge in [-0.05, 0) is 25.0 Å². The van der Waals surface area contributed by atoms with Crippen LogP contribution in [-0.4, -0.2) is 43.5 Å². The number of hydrogen-bond donors (Lipinski definition) is 3. The lowest BCUT2D eigenvalue weighted by atomic mass is 9.96. The van der Waals surface area contributed by atoms with Crippen LogP contribution in [0, 0.1) is 6.92 Å². The number of aliphatic hydroxyl groups excluding tert-OH is 2. The maximum Gasteiger partial charge on any atom is 0.305 e. The van der Waals surface area contributed by atoms with Gasteiger partial charge < -0.3 is 15.3 Å². The number of carboxylic acid groups (broad SMARTS) is 1. The van der Waals surface area contributed by atoms with Crippen molar-refractivity contribution in [2.75, 3.05) is 0 Å². The lowest BCUT2D eigenvalue weighted by Crippen LogP contribution is -2.19. The lowest BCUT2D eigenvalue weighted by molar-refractivity contribution is -0.139. The molecule has 3 N–H and O–H groups in total. The zero-order chi connectivity index (χ0) is 24.8. The van der Waals surface area contributed by atoms with E-state index in [9.17, 15) is 15.0 Å². The smallest absolute Gasteiger partial charge is 0.305 e. The van der Waals surface area contributed by atoms with Gasteiger partial charge in [-0.3, -0.25) is 4.79 Å². The van der Waals surface area contributed by atoms with Crippen molar-refractivity contribution < 1.29 is 20.1 Å². The summed E-state index contributed by atoms with van der Waals surface area (Å²) in [5.41, 5.74) is 5.15. The Bertz CT molecular complexity index is 1160. The molecule has 0 radical (unpaired) electrons. The molecule has 0 amide bonds. The summed E-state index contributed by atoms with van der Waals surface area (Å²) in [6.45, 7) is 6.10. The molecule has 0 saturated heterocycles. The standard InChI is InChI=1S/C27H29ClN2O4/c1-16(2)25-23(13-12-21(31)14-22(32)15-24(33)34)26(18-8-10-20(28)11-9-18)30-27(29-25)19-6-4-17(3)5-7-19/h4-13,16,21-22,31-32H,14-15H2,1-3H3,(H,33,34)/b13-12+. The monoisotopic (exact) mass is 480 g/mol. The Morgan fingerprint density at radius 3 is 2.21 bits per heavy atom. The number of rotatable bonds is 9. The normalized spacial score (nSPS) is 13.4. The van der Waals surface area contributed by atoms with E-state index in [2.05, 4.69) is 0 Å². The number of benzene rings is 2. The average molecular weight is 481 g/mol. The van der Waals surface area contributed by atoms with E-state index in [4.69, 9.17) is 26.7 Å². The first-order chi connectivity index (χ1) is 16.1. The maximum absolute atomic E-state index is 10.8. The number of aliphatic hydroxyl groups is 2. The average Bonchev–Trinajstić information content (AvgIpc) is 2.77. The van der Waals surface area contributed by atoms with Gasteiger partial charge in [-0.1, -0.05) is 79.6 Å². The predicted molar refractivity (Wildman–Crippen MR) is 135 cm³/mol. The number of aryl methyl sites for hydroxylation is 1. The van der Waals surface area contributed by atoms with Gasteiger partial charge in [-0.15, -0.1) is 0 Å². The SMILES string of the molecule is Cc1ccc(-c2nc(-c3ccc(Cl)cc3)c(/C=C/C(O)CC(O)CC(=O)O)c(C(C)C)n2)cc1. The zero-order valence-corrected chi connectivity index (χ0v) is 20.2. The molecule has 2 unspecified atom stereocenters. The highest BCUT2D eigenvalue weighted by atomic mass is 35.5. The number of aromatic nitrogens is 2. The van der Waals surface area contributed by atoms with E-state index in [1.807, 2.05) is 57.2 Å². The van der Waals surface area contributed by atoms with Gasteiger partial charge in [0.25, 0.3) is 0 Å². The van der Waals surface area contributed by atoms with E-state index in [1.54, 1.807) is 24.3 Å². The van der Waals surface area contributed by atoms with E-state index in [0.29, 0.717) is 16.5 Å². The number of carboxylic acids is 1. The fourth-order valence-electron chi connectivity index (χ4n) is 3.60. The van der Waals surface area contributed by atoms with Crippen LogP contribution in [0.4, 0.5) is 0 Å². The number of aliphatic carboxylic acids is 1. The highest BCUT2D eigenvalue weighted by Gasteiger charge is 2.19. The van der Waals surface area contributed by atoms with Crippen LogP contribution < -0.4 is 0 Å². The first-order valence-corrected chi connectivity index (χ1v) is 11.5. The van der Waals surface area contributed by atoms with Crippen LogP contribution >= 0.6 is 11.6 Å². The van der Waals surface area contributed by atoms with Gasteiger partial charge in [0.15, 0.2) is 5.82 Å². The number of carbonyl (C=O) groups is 1. The second-order valence-electron chi connectivity index (χ2n) is 8.64. The predicted octanol–water partition coefficient (Wildman–Crippen LogP) is 5.50. The number of hydrogen-bond acceptors (Lipinski definition) is 5. The largest absolute Gasteiger partial charge is 0.481 e. The summed E-state index contributed by atoms with van der Waals surface area (Å²) in [5.74, 6) is -0.452. The minimum absolute atomic E-state index is 0.0626. The molecule has 34 heavy (non-hydrogen) atoms. The Morgan fingerprint density at radius 1 is 1.00 bits per heavy atom. The summed E-state index contributed by atoms with van der Waals surface area (Å²) in [5, 5.41) is 29.7. The van der Waals surface area contributed by atoms with Crippen LogP contribution in [0.1, 0.15) is 49.4 Å². The first-order valence-electron chi connectivity index (χ1n) is 11.1. The molecule has 1 aromatic heterocycles. The molecule has 0 saturated carbocycles. The van der Waals surface area contributed by atoms with Gasteiger partial charge in [0.1, 0.15) is 0 Å². The molecule has 7 heteroatoms. The van der Waals surface area contributed by atoms with Crippen molar-refractivity contribution in [2.45, 2.75) is 51.7 Å². The van der Waals surface area contributed by atoms with Crippen LogP contribution in [0.3, 0.4) is 0 Å². The maximum atomic E-state index is 10.8. The van der Waals surface area contributed by atoms with E-state index in [1.165, 1.54) is 0 Å². The Hall–Kier alpha value is -3.06. The summed E-state index contributed by atoms with van der Waals surface area (Å²) in [6, 6.07) is 15.4.